The number of hydrogen-bond donors (Lipinski definition) is 1. The number of anilines is 1. The molecule has 20 heavy (non-hydrogen) atoms. The first-order chi connectivity index (χ1) is 9.58. The Balaban J connectivity index is 1.88. The fourth-order valence-electron chi connectivity index (χ4n) is 1.52. The molecule has 1 heterocycles. The van der Waals surface area contributed by atoms with E-state index in [4.69, 9.17) is 16.3 Å². The molecule has 1 aromatic carbocycles. The second kappa shape index (κ2) is 6.67. The van der Waals surface area contributed by atoms with Crippen molar-refractivity contribution in [1.29, 1.82) is 0 Å². The van der Waals surface area contributed by atoms with E-state index in [0.717, 1.165) is 17.0 Å². The van der Waals surface area contributed by atoms with Crippen LogP contribution in [0.1, 0.15) is 17.5 Å². The van der Waals surface area contributed by atoms with Crippen LogP contribution >= 0.6 is 22.9 Å². The normalized spacial score (nSPS) is 10.3. The van der Waals surface area contributed by atoms with Crippen molar-refractivity contribution in [2.45, 2.75) is 20.3 Å². The van der Waals surface area contributed by atoms with Gasteiger partial charge in [0, 0.05) is 5.02 Å². The van der Waals surface area contributed by atoms with Crippen LogP contribution in [0.4, 0.5) is 5.13 Å². The molecule has 0 saturated heterocycles. The van der Waals surface area contributed by atoms with Crippen molar-refractivity contribution in [2.75, 3.05) is 11.9 Å². The van der Waals surface area contributed by atoms with Crippen LogP contribution in [-0.2, 0) is 11.2 Å². The Labute approximate surface area is 125 Å². The third-order valence-electron chi connectivity index (χ3n) is 2.51. The monoisotopic (exact) mass is 311 g/mol. The van der Waals surface area contributed by atoms with Gasteiger partial charge >= 0.3 is 0 Å². The van der Waals surface area contributed by atoms with E-state index in [1.807, 2.05) is 13.8 Å². The van der Waals surface area contributed by atoms with Gasteiger partial charge in [-0.25, -0.2) is 0 Å². The van der Waals surface area contributed by atoms with Crippen LogP contribution in [0.5, 0.6) is 5.75 Å². The molecule has 1 aromatic heterocycles. The van der Waals surface area contributed by atoms with Gasteiger partial charge in [-0.15, -0.1) is 10.2 Å². The molecular weight excluding hydrogens is 298 g/mol. The Bertz CT molecular complexity index is 615. The van der Waals surface area contributed by atoms with Crippen molar-refractivity contribution < 1.29 is 9.53 Å². The van der Waals surface area contributed by atoms with Gasteiger partial charge in [-0.05, 0) is 37.1 Å². The number of ether oxygens (including phenoxy) is 1. The van der Waals surface area contributed by atoms with Gasteiger partial charge in [0.2, 0.25) is 5.13 Å². The van der Waals surface area contributed by atoms with Gasteiger partial charge in [-0.2, -0.15) is 0 Å². The van der Waals surface area contributed by atoms with Crippen LogP contribution in [0.25, 0.3) is 0 Å². The lowest BCUT2D eigenvalue weighted by Gasteiger charge is -2.08. The first-order valence-electron chi connectivity index (χ1n) is 6.09. The Hall–Kier alpha value is -1.66. The van der Waals surface area contributed by atoms with E-state index in [1.54, 1.807) is 18.2 Å². The minimum Gasteiger partial charge on any atom is -0.483 e. The summed E-state index contributed by atoms with van der Waals surface area (Å²) in [5.41, 5.74) is 0.884. The predicted molar refractivity (Wildman–Crippen MR) is 79.6 cm³/mol. The number of carbonyl (C=O) groups excluding carboxylic acids is 1. The number of halogens is 1. The minimum atomic E-state index is -0.266. The number of hydrogen-bond acceptors (Lipinski definition) is 5. The van der Waals surface area contributed by atoms with Crippen molar-refractivity contribution in [3.63, 3.8) is 0 Å². The Morgan fingerprint density at radius 3 is 2.90 bits per heavy atom. The van der Waals surface area contributed by atoms with Gasteiger partial charge in [0.15, 0.2) is 6.61 Å². The summed E-state index contributed by atoms with van der Waals surface area (Å²) in [7, 11) is 0. The second-order valence-corrected chi connectivity index (χ2v) is 5.60. The van der Waals surface area contributed by atoms with E-state index < -0.39 is 0 Å². The van der Waals surface area contributed by atoms with Crippen LogP contribution < -0.4 is 10.1 Å². The SMILES string of the molecule is CCc1nnc(NC(=O)COc2ccc(Cl)cc2C)s1. The molecule has 0 aliphatic carbocycles. The molecule has 106 valence electrons. The molecule has 2 aromatic rings. The van der Waals surface area contributed by atoms with Crippen LogP contribution in [0.3, 0.4) is 0 Å². The molecule has 7 heteroatoms. The van der Waals surface area contributed by atoms with Crippen LogP contribution in [0, 0.1) is 6.92 Å². The van der Waals surface area contributed by atoms with E-state index in [2.05, 4.69) is 15.5 Å². The molecule has 0 atom stereocenters. The van der Waals surface area contributed by atoms with Gasteiger partial charge in [0.05, 0.1) is 0 Å². The third-order valence-corrected chi connectivity index (χ3v) is 3.73. The number of rotatable bonds is 5. The first kappa shape index (κ1) is 14.7. The molecule has 0 aliphatic rings. The maximum atomic E-state index is 11.7. The zero-order valence-corrected chi connectivity index (χ0v) is 12.7. The highest BCUT2D eigenvalue weighted by atomic mass is 35.5. The highest BCUT2D eigenvalue weighted by Gasteiger charge is 2.09. The van der Waals surface area contributed by atoms with Crippen molar-refractivity contribution in [3.05, 3.63) is 33.8 Å². The maximum Gasteiger partial charge on any atom is 0.264 e. The summed E-state index contributed by atoms with van der Waals surface area (Å²) >= 11 is 7.22. The standard InChI is InChI=1S/C13H14ClN3O2S/c1-3-12-16-17-13(20-12)15-11(18)7-19-10-5-4-9(14)6-8(10)2/h4-6H,3,7H2,1-2H3,(H,15,17,18). The summed E-state index contributed by atoms with van der Waals surface area (Å²) in [5, 5.41) is 12.5. The molecule has 1 amide bonds. The van der Waals surface area contributed by atoms with Crippen LogP contribution in [0.15, 0.2) is 18.2 Å². The largest absolute Gasteiger partial charge is 0.483 e. The molecule has 0 aliphatic heterocycles. The number of carbonyl (C=O) groups is 1. The summed E-state index contributed by atoms with van der Waals surface area (Å²) in [6.45, 7) is 3.78. The van der Waals surface area contributed by atoms with E-state index in [-0.39, 0.29) is 12.5 Å². The van der Waals surface area contributed by atoms with E-state index in [0.29, 0.717) is 15.9 Å². The summed E-state index contributed by atoms with van der Waals surface area (Å²) < 4.78 is 5.44. The Kier molecular flexibility index (Phi) is 4.92. The van der Waals surface area contributed by atoms with Crippen molar-refractivity contribution in [2.24, 2.45) is 0 Å². The van der Waals surface area contributed by atoms with Gasteiger partial charge < -0.3 is 4.74 Å². The van der Waals surface area contributed by atoms with Gasteiger partial charge in [-0.1, -0.05) is 29.9 Å². The van der Waals surface area contributed by atoms with E-state index in [1.165, 1.54) is 11.3 Å². The molecule has 2 rings (SSSR count). The van der Waals surface area contributed by atoms with Gasteiger partial charge in [-0.3, -0.25) is 10.1 Å². The second-order valence-electron chi connectivity index (χ2n) is 4.10. The maximum absolute atomic E-state index is 11.7. The first-order valence-corrected chi connectivity index (χ1v) is 7.29. The lowest BCUT2D eigenvalue weighted by Crippen LogP contribution is -2.20. The molecule has 5 nitrogen and oxygen atoms in total. The predicted octanol–water partition coefficient (Wildman–Crippen LogP) is 3.08. The molecule has 0 fully saturated rings. The van der Waals surface area contributed by atoms with Crippen molar-refractivity contribution in [1.82, 2.24) is 10.2 Å². The van der Waals surface area contributed by atoms with Gasteiger partial charge in [0.1, 0.15) is 10.8 Å². The number of aromatic nitrogens is 2. The van der Waals surface area contributed by atoms with Crippen LogP contribution in [0.2, 0.25) is 5.02 Å². The molecule has 0 spiro atoms. The Morgan fingerprint density at radius 2 is 2.25 bits per heavy atom. The third kappa shape index (κ3) is 3.91. The smallest absolute Gasteiger partial charge is 0.264 e. The van der Waals surface area contributed by atoms with Crippen LogP contribution in [-0.4, -0.2) is 22.7 Å². The molecule has 0 saturated carbocycles. The van der Waals surface area contributed by atoms with Gasteiger partial charge in [0.25, 0.3) is 5.91 Å². The lowest BCUT2D eigenvalue weighted by molar-refractivity contribution is -0.118. The Morgan fingerprint density at radius 1 is 1.45 bits per heavy atom. The average Bonchev–Trinajstić information content (AvgIpc) is 2.85. The zero-order chi connectivity index (χ0) is 14.5. The molecule has 0 unspecified atom stereocenters. The fraction of sp³-hybridized carbons (Fsp3) is 0.308. The minimum absolute atomic E-state index is 0.0799. The topological polar surface area (TPSA) is 64.1 Å². The van der Waals surface area contributed by atoms with Crippen molar-refractivity contribution in [3.8, 4) is 5.75 Å². The summed E-state index contributed by atoms with van der Waals surface area (Å²) in [5.74, 6) is 0.370. The number of nitrogens with one attached hydrogen (secondary N) is 1. The number of benzene rings is 1. The molecule has 0 radical (unpaired) electrons. The lowest BCUT2D eigenvalue weighted by atomic mass is 10.2. The number of amides is 1. The van der Waals surface area contributed by atoms with E-state index >= 15 is 0 Å². The molecule has 1 N–H and O–H groups in total. The molecular formula is C13H14ClN3O2S. The zero-order valence-electron chi connectivity index (χ0n) is 11.1. The number of aryl methyl sites for hydroxylation is 2. The molecule has 0 bridgehead atoms. The number of nitrogens with zero attached hydrogens (tertiary/aromatic N) is 2. The summed E-state index contributed by atoms with van der Waals surface area (Å²) in [6.07, 6.45) is 0.800. The van der Waals surface area contributed by atoms with Crippen molar-refractivity contribution >= 4 is 34.0 Å². The highest BCUT2D eigenvalue weighted by molar-refractivity contribution is 7.15. The fourth-order valence-corrected chi connectivity index (χ4v) is 2.44. The average molecular weight is 312 g/mol. The summed E-state index contributed by atoms with van der Waals surface area (Å²) in [4.78, 5) is 11.7. The highest BCUT2D eigenvalue weighted by Crippen LogP contribution is 2.22. The van der Waals surface area contributed by atoms with E-state index in [9.17, 15) is 4.79 Å². The quantitative estimate of drug-likeness (QED) is 0.921. The summed E-state index contributed by atoms with van der Waals surface area (Å²) in [6, 6.07) is 5.25.